The summed E-state index contributed by atoms with van der Waals surface area (Å²) in [6, 6.07) is 3.81. The van der Waals surface area contributed by atoms with Crippen LogP contribution < -0.4 is 21.3 Å². The third kappa shape index (κ3) is 10.6. The number of hydrogen-bond donors (Lipinski definition) is 4. The summed E-state index contributed by atoms with van der Waals surface area (Å²) < 4.78 is 32.8. The standard InChI is InChI=1S/C36H54F2N6O7/c1-34(2,3)28(42-33(50)51-35(4,5)6)32(49)44-19-21-25(36(21,7)8)27(44)30(47)40-22(18-23(37)38)29(46)39-17-16-24(45)41-26(31(48)43(9)10)20-14-12-11-13-15-20/h11-15,21-23,25-28H,16-19H2,1-10H3,(H,39,46)(H,40,47)(H,41,45)(H,42,50)/t21?,22-,25?,26-,27-,28+/m0/s1. The number of likely N-dealkylation sites (N-methyl/N-ethyl adjacent to an activating group) is 1. The smallest absolute Gasteiger partial charge is 0.408 e. The Kier molecular flexibility index (Phi) is 12.8. The van der Waals surface area contributed by atoms with E-state index in [2.05, 4.69) is 21.3 Å². The number of amides is 6. The van der Waals surface area contributed by atoms with Gasteiger partial charge in [0.15, 0.2) is 0 Å². The number of rotatable bonds is 13. The third-order valence-electron chi connectivity index (χ3n) is 9.36. The fourth-order valence-corrected chi connectivity index (χ4v) is 6.57. The number of nitrogens with one attached hydrogen (secondary N) is 4. The summed E-state index contributed by atoms with van der Waals surface area (Å²) in [5.74, 6) is -3.51. The number of alkyl carbamates (subject to hydrolysis) is 1. The lowest BCUT2D eigenvalue weighted by molar-refractivity contribution is -0.144. The van der Waals surface area contributed by atoms with Gasteiger partial charge in [-0.05, 0) is 49.0 Å². The minimum absolute atomic E-state index is 0.0562. The maximum atomic E-state index is 14.0. The molecule has 6 amide bonds. The van der Waals surface area contributed by atoms with Crippen LogP contribution in [0.5, 0.6) is 0 Å². The maximum absolute atomic E-state index is 14.0. The van der Waals surface area contributed by atoms with E-state index < -0.39 is 77.8 Å². The Labute approximate surface area is 299 Å². The van der Waals surface area contributed by atoms with Crippen LogP contribution in [0, 0.1) is 22.7 Å². The summed E-state index contributed by atoms with van der Waals surface area (Å²) in [5, 5.41) is 10.2. The molecule has 1 aromatic carbocycles. The van der Waals surface area contributed by atoms with E-state index in [0.29, 0.717) is 5.56 Å². The van der Waals surface area contributed by atoms with Gasteiger partial charge in [-0.3, -0.25) is 24.0 Å². The summed E-state index contributed by atoms with van der Waals surface area (Å²) in [6.07, 6.45) is -5.03. The number of nitrogens with zero attached hydrogens (tertiary/aromatic N) is 2. The quantitative estimate of drug-likeness (QED) is 0.243. The van der Waals surface area contributed by atoms with Gasteiger partial charge < -0.3 is 35.8 Å². The second-order valence-corrected chi connectivity index (χ2v) is 16.2. The Hall–Kier alpha value is -4.30. The lowest BCUT2D eigenvalue weighted by Crippen LogP contribution is -2.61. The van der Waals surface area contributed by atoms with Crippen molar-refractivity contribution in [3.05, 3.63) is 35.9 Å². The van der Waals surface area contributed by atoms with Gasteiger partial charge in [0.1, 0.15) is 29.8 Å². The van der Waals surface area contributed by atoms with Crippen LogP contribution in [0.4, 0.5) is 13.6 Å². The van der Waals surface area contributed by atoms with E-state index >= 15 is 0 Å². The molecule has 0 radical (unpaired) electrons. The van der Waals surface area contributed by atoms with Gasteiger partial charge in [-0.2, -0.15) is 0 Å². The van der Waals surface area contributed by atoms with Crippen molar-refractivity contribution in [2.45, 2.75) is 104 Å². The predicted octanol–water partition coefficient (Wildman–Crippen LogP) is 3.00. The lowest BCUT2D eigenvalue weighted by atomic mass is 9.85. The number of benzene rings is 1. The molecular formula is C36H54F2N6O7. The molecule has 1 aliphatic carbocycles. The first-order valence-electron chi connectivity index (χ1n) is 17.2. The molecular weight excluding hydrogens is 666 g/mol. The zero-order valence-corrected chi connectivity index (χ0v) is 31.3. The van der Waals surface area contributed by atoms with Gasteiger partial charge in [-0.1, -0.05) is 65.0 Å². The van der Waals surface area contributed by atoms with Crippen molar-refractivity contribution in [2.75, 3.05) is 27.2 Å². The van der Waals surface area contributed by atoms with Crippen molar-refractivity contribution in [1.29, 1.82) is 0 Å². The van der Waals surface area contributed by atoms with E-state index in [9.17, 15) is 37.5 Å². The molecule has 284 valence electrons. The molecule has 2 unspecified atom stereocenters. The van der Waals surface area contributed by atoms with Gasteiger partial charge in [0.05, 0.1) is 0 Å². The second-order valence-electron chi connectivity index (χ2n) is 16.2. The number of carbonyl (C=O) groups is 6. The average Bonchev–Trinajstić information content (AvgIpc) is 3.31. The van der Waals surface area contributed by atoms with Crippen molar-refractivity contribution in [3.8, 4) is 0 Å². The fourth-order valence-electron chi connectivity index (χ4n) is 6.57. The van der Waals surface area contributed by atoms with Crippen molar-refractivity contribution in [3.63, 3.8) is 0 Å². The van der Waals surface area contributed by atoms with Gasteiger partial charge in [0.2, 0.25) is 36.0 Å². The largest absolute Gasteiger partial charge is 0.444 e. The van der Waals surface area contributed by atoms with Crippen LogP contribution in [0.25, 0.3) is 0 Å². The molecule has 15 heteroatoms. The second kappa shape index (κ2) is 15.9. The minimum Gasteiger partial charge on any atom is -0.444 e. The van der Waals surface area contributed by atoms with Crippen LogP contribution in [-0.4, -0.2) is 103 Å². The average molecular weight is 721 g/mol. The number of carbonyl (C=O) groups excluding carboxylic acids is 6. The number of ether oxygens (including phenoxy) is 1. The number of alkyl halides is 2. The topological polar surface area (TPSA) is 166 Å². The van der Waals surface area contributed by atoms with E-state index in [1.54, 1.807) is 86.0 Å². The molecule has 13 nitrogen and oxygen atoms in total. The molecule has 1 aliphatic heterocycles. The van der Waals surface area contributed by atoms with Gasteiger partial charge >= 0.3 is 6.09 Å². The zero-order valence-electron chi connectivity index (χ0n) is 31.3. The molecule has 0 spiro atoms. The van der Waals surface area contributed by atoms with Crippen LogP contribution in [0.1, 0.15) is 79.8 Å². The van der Waals surface area contributed by atoms with Crippen molar-refractivity contribution >= 4 is 35.6 Å². The van der Waals surface area contributed by atoms with Crippen LogP contribution >= 0.6 is 0 Å². The highest BCUT2D eigenvalue weighted by atomic mass is 19.3. The van der Waals surface area contributed by atoms with Crippen LogP contribution in [0.2, 0.25) is 0 Å². The molecule has 2 fully saturated rings. The number of piperidine rings is 1. The highest BCUT2D eigenvalue weighted by Crippen LogP contribution is 2.65. The molecule has 51 heavy (non-hydrogen) atoms. The van der Waals surface area contributed by atoms with E-state index in [0.717, 1.165) is 0 Å². The van der Waals surface area contributed by atoms with Crippen molar-refractivity contribution < 1.29 is 42.3 Å². The molecule has 0 bridgehead atoms. The SMILES string of the molecule is CN(C)C(=O)[C@@H](NC(=O)CCNC(=O)[C@H](CC(F)F)NC(=O)[C@@H]1C2C(CN1C(=O)[C@@H](NC(=O)OC(C)(C)C)C(C)(C)C)C2(C)C)c1ccccc1. The molecule has 6 atom stereocenters. The number of fused-ring (bicyclic) bond motifs is 1. The summed E-state index contributed by atoms with van der Waals surface area (Å²) >= 11 is 0. The predicted molar refractivity (Wildman–Crippen MR) is 185 cm³/mol. The minimum atomic E-state index is -2.96. The highest BCUT2D eigenvalue weighted by molar-refractivity contribution is 5.95. The molecule has 1 heterocycles. The Morgan fingerprint density at radius 2 is 1.57 bits per heavy atom. The molecule has 2 aliphatic rings. The summed E-state index contributed by atoms with van der Waals surface area (Å²) in [5.41, 5.74) is -1.38. The zero-order chi connectivity index (χ0) is 38.6. The summed E-state index contributed by atoms with van der Waals surface area (Å²) in [7, 11) is 3.11. The molecule has 0 aromatic heterocycles. The van der Waals surface area contributed by atoms with Gasteiger partial charge in [0, 0.05) is 40.0 Å². The molecule has 3 rings (SSSR count). The molecule has 4 N–H and O–H groups in total. The summed E-state index contributed by atoms with van der Waals surface area (Å²) in [4.78, 5) is 82.1. The first-order valence-corrected chi connectivity index (χ1v) is 17.2. The number of halogens is 2. The number of likely N-dealkylation sites (tertiary alicyclic amines) is 1. The van der Waals surface area contributed by atoms with Crippen molar-refractivity contribution in [2.24, 2.45) is 22.7 Å². The normalized spacial score (nSPS) is 21.0. The van der Waals surface area contributed by atoms with E-state index in [1.807, 2.05) is 13.8 Å². The Morgan fingerprint density at radius 3 is 2.10 bits per heavy atom. The van der Waals surface area contributed by atoms with Gasteiger partial charge in [-0.25, -0.2) is 13.6 Å². The monoisotopic (exact) mass is 720 g/mol. The van der Waals surface area contributed by atoms with Crippen LogP contribution in [0.3, 0.4) is 0 Å². The summed E-state index contributed by atoms with van der Waals surface area (Å²) in [6.45, 7) is 14.2. The van der Waals surface area contributed by atoms with Crippen molar-refractivity contribution in [1.82, 2.24) is 31.1 Å². The Bertz CT molecular complexity index is 1460. The fraction of sp³-hybridized carbons (Fsp3) is 0.667. The first-order chi connectivity index (χ1) is 23.5. The molecule has 1 saturated heterocycles. The van der Waals surface area contributed by atoms with Crippen LogP contribution in [-0.2, 0) is 28.7 Å². The highest BCUT2D eigenvalue weighted by Gasteiger charge is 2.70. The Morgan fingerprint density at radius 1 is 0.961 bits per heavy atom. The van der Waals surface area contributed by atoms with Crippen LogP contribution in [0.15, 0.2) is 30.3 Å². The maximum Gasteiger partial charge on any atom is 0.408 e. The van der Waals surface area contributed by atoms with E-state index in [-0.39, 0.29) is 42.7 Å². The Balaban J connectivity index is 1.72. The van der Waals surface area contributed by atoms with E-state index in [4.69, 9.17) is 4.74 Å². The third-order valence-corrected chi connectivity index (χ3v) is 9.36. The lowest BCUT2D eigenvalue weighted by Gasteiger charge is -2.38. The van der Waals surface area contributed by atoms with Gasteiger partial charge in [0.25, 0.3) is 0 Å². The number of hydrogen-bond acceptors (Lipinski definition) is 7. The molecule has 1 aromatic rings. The van der Waals surface area contributed by atoms with Gasteiger partial charge in [-0.15, -0.1) is 0 Å². The van der Waals surface area contributed by atoms with E-state index in [1.165, 1.54) is 9.80 Å². The first kappa shape index (κ1) is 41.1. The molecule has 1 saturated carbocycles.